The van der Waals surface area contributed by atoms with Crippen LogP contribution >= 0.6 is 0 Å². The van der Waals surface area contributed by atoms with Gasteiger partial charge in [0.1, 0.15) is 0 Å². The third-order valence-electron chi connectivity index (χ3n) is 3.89. The number of ether oxygens (including phenoxy) is 1. The van der Waals surface area contributed by atoms with Gasteiger partial charge in [-0.25, -0.2) is 0 Å². The van der Waals surface area contributed by atoms with E-state index in [9.17, 15) is 4.79 Å². The van der Waals surface area contributed by atoms with Crippen molar-refractivity contribution >= 4 is 11.6 Å². The summed E-state index contributed by atoms with van der Waals surface area (Å²) in [5, 5.41) is 6.36. The van der Waals surface area contributed by atoms with E-state index in [4.69, 9.17) is 4.74 Å². The third kappa shape index (κ3) is 6.69. The van der Waals surface area contributed by atoms with Crippen LogP contribution in [-0.2, 0) is 22.7 Å². The maximum Gasteiger partial charge on any atom is 0.221 e. The zero-order valence-electron chi connectivity index (χ0n) is 15.5. The van der Waals surface area contributed by atoms with Gasteiger partial charge in [-0.3, -0.25) is 4.79 Å². The Labute approximate surface area is 150 Å². The van der Waals surface area contributed by atoms with E-state index in [-0.39, 0.29) is 18.1 Å². The number of amides is 1. The van der Waals surface area contributed by atoms with Gasteiger partial charge < -0.3 is 15.4 Å². The van der Waals surface area contributed by atoms with Crippen molar-refractivity contribution < 1.29 is 9.53 Å². The van der Waals surface area contributed by atoms with Gasteiger partial charge in [-0.1, -0.05) is 36.4 Å². The minimum Gasteiger partial charge on any atom is -0.374 e. The van der Waals surface area contributed by atoms with E-state index in [1.54, 1.807) is 0 Å². The summed E-state index contributed by atoms with van der Waals surface area (Å²) in [4.78, 5) is 11.2. The van der Waals surface area contributed by atoms with Crippen LogP contribution in [0.4, 0.5) is 5.69 Å². The van der Waals surface area contributed by atoms with Gasteiger partial charge in [0.05, 0.1) is 12.7 Å². The number of rotatable bonds is 8. The Morgan fingerprint density at radius 2 is 1.76 bits per heavy atom. The van der Waals surface area contributed by atoms with Gasteiger partial charge in [-0.05, 0) is 49.6 Å². The van der Waals surface area contributed by atoms with Crippen molar-refractivity contribution in [3.05, 3.63) is 65.2 Å². The lowest BCUT2D eigenvalue weighted by atomic mass is 10.1. The summed E-state index contributed by atoms with van der Waals surface area (Å²) in [6.07, 6.45) is 0.234. The van der Waals surface area contributed by atoms with E-state index in [1.165, 1.54) is 18.1 Å². The second-order valence-electron chi connectivity index (χ2n) is 6.59. The molecule has 25 heavy (non-hydrogen) atoms. The summed E-state index contributed by atoms with van der Waals surface area (Å²) in [6, 6.07) is 16.6. The molecule has 134 valence electrons. The molecule has 0 heterocycles. The average Bonchev–Trinajstić information content (AvgIpc) is 2.58. The summed E-state index contributed by atoms with van der Waals surface area (Å²) in [5.74, 6) is -0.0572. The van der Waals surface area contributed by atoms with Crippen molar-refractivity contribution in [2.24, 2.45) is 0 Å². The molecule has 0 bridgehead atoms. The van der Waals surface area contributed by atoms with Gasteiger partial charge in [0, 0.05) is 25.2 Å². The number of benzene rings is 2. The fourth-order valence-corrected chi connectivity index (χ4v) is 2.57. The van der Waals surface area contributed by atoms with Crippen LogP contribution in [0, 0.1) is 0 Å². The first-order valence-corrected chi connectivity index (χ1v) is 8.74. The van der Waals surface area contributed by atoms with E-state index in [1.807, 2.05) is 32.0 Å². The van der Waals surface area contributed by atoms with Crippen molar-refractivity contribution in [1.82, 2.24) is 5.32 Å². The molecule has 0 unspecified atom stereocenters. The highest BCUT2D eigenvalue weighted by Crippen LogP contribution is 2.18. The van der Waals surface area contributed by atoms with Crippen LogP contribution in [0.25, 0.3) is 0 Å². The Morgan fingerprint density at radius 3 is 2.48 bits per heavy atom. The molecule has 4 heteroatoms. The summed E-state index contributed by atoms with van der Waals surface area (Å²) < 4.78 is 5.67. The smallest absolute Gasteiger partial charge is 0.221 e. The molecule has 0 fully saturated rings. The normalized spacial score (nSPS) is 12.2. The molecule has 0 aliphatic carbocycles. The van der Waals surface area contributed by atoms with Crippen LogP contribution in [0.15, 0.2) is 48.5 Å². The third-order valence-corrected chi connectivity index (χ3v) is 3.89. The first-order valence-electron chi connectivity index (χ1n) is 8.74. The Hall–Kier alpha value is -2.17. The maximum atomic E-state index is 11.2. The SMILES string of the molecule is CC(=O)Nc1cccc([C@@H](C)NCc2cccc(COC(C)C)c2)c1. The van der Waals surface area contributed by atoms with Crippen molar-refractivity contribution in [3.8, 4) is 0 Å². The quantitative estimate of drug-likeness (QED) is 0.748. The van der Waals surface area contributed by atoms with Gasteiger partial charge in [0.2, 0.25) is 5.91 Å². The molecule has 2 N–H and O–H groups in total. The van der Waals surface area contributed by atoms with Gasteiger partial charge in [-0.2, -0.15) is 0 Å². The average molecular weight is 340 g/mol. The Balaban J connectivity index is 1.94. The zero-order chi connectivity index (χ0) is 18.2. The van der Waals surface area contributed by atoms with E-state index < -0.39 is 0 Å². The monoisotopic (exact) mass is 340 g/mol. The molecule has 4 nitrogen and oxygen atoms in total. The molecule has 0 aromatic heterocycles. The predicted octanol–water partition coefficient (Wildman–Crippen LogP) is 4.42. The molecule has 0 spiro atoms. The van der Waals surface area contributed by atoms with Crippen LogP contribution in [0.5, 0.6) is 0 Å². The second-order valence-corrected chi connectivity index (χ2v) is 6.59. The lowest BCUT2D eigenvalue weighted by Crippen LogP contribution is -2.18. The largest absolute Gasteiger partial charge is 0.374 e. The number of anilines is 1. The predicted molar refractivity (Wildman–Crippen MR) is 102 cm³/mol. The zero-order valence-corrected chi connectivity index (χ0v) is 15.5. The first kappa shape index (κ1) is 19.2. The van der Waals surface area contributed by atoms with Crippen LogP contribution in [0.3, 0.4) is 0 Å². The highest BCUT2D eigenvalue weighted by molar-refractivity contribution is 5.88. The summed E-state index contributed by atoms with van der Waals surface area (Å²) in [5.41, 5.74) is 4.39. The molecule has 1 amide bonds. The molecule has 1 atom stereocenters. The Kier molecular flexibility index (Phi) is 7.16. The summed E-state index contributed by atoms with van der Waals surface area (Å²) >= 11 is 0. The Bertz CT molecular complexity index is 698. The summed E-state index contributed by atoms with van der Waals surface area (Å²) in [7, 11) is 0. The number of carbonyl (C=O) groups is 1. The molecular formula is C21H28N2O2. The molecule has 2 rings (SSSR count). The van der Waals surface area contributed by atoms with Crippen molar-refractivity contribution in [2.75, 3.05) is 5.32 Å². The van der Waals surface area contributed by atoms with Crippen LogP contribution in [0.1, 0.15) is 50.4 Å². The van der Waals surface area contributed by atoms with Crippen LogP contribution in [0.2, 0.25) is 0 Å². The van der Waals surface area contributed by atoms with Crippen molar-refractivity contribution in [3.63, 3.8) is 0 Å². The highest BCUT2D eigenvalue weighted by atomic mass is 16.5. The number of carbonyl (C=O) groups excluding carboxylic acids is 1. The number of nitrogens with one attached hydrogen (secondary N) is 2. The first-order chi connectivity index (χ1) is 11.9. The minimum atomic E-state index is -0.0572. The fourth-order valence-electron chi connectivity index (χ4n) is 2.57. The van der Waals surface area contributed by atoms with Crippen LogP contribution < -0.4 is 10.6 Å². The van der Waals surface area contributed by atoms with Gasteiger partial charge in [0.25, 0.3) is 0 Å². The van der Waals surface area contributed by atoms with E-state index in [0.717, 1.165) is 17.8 Å². The number of hydrogen-bond acceptors (Lipinski definition) is 3. The van der Waals surface area contributed by atoms with Gasteiger partial charge in [-0.15, -0.1) is 0 Å². The molecule has 0 saturated heterocycles. The molecule has 0 aliphatic heterocycles. The highest BCUT2D eigenvalue weighted by Gasteiger charge is 2.07. The lowest BCUT2D eigenvalue weighted by molar-refractivity contribution is -0.114. The summed E-state index contributed by atoms with van der Waals surface area (Å²) in [6.45, 7) is 9.15. The van der Waals surface area contributed by atoms with Crippen LogP contribution in [-0.4, -0.2) is 12.0 Å². The Morgan fingerprint density at radius 1 is 1.04 bits per heavy atom. The van der Waals surface area contributed by atoms with Gasteiger partial charge >= 0.3 is 0 Å². The van der Waals surface area contributed by atoms with Gasteiger partial charge in [0.15, 0.2) is 0 Å². The molecule has 0 radical (unpaired) electrons. The molecule has 2 aromatic carbocycles. The van der Waals surface area contributed by atoms with E-state index >= 15 is 0 Å². The van der Waals surface area contributed by atoms with E-state index in [0.29, 0.717) is 6.61 Å². The van der Waals surface area contributed by atoms with Crippen molar-refractivity contribution in [2.45, 2.75) is 53.0 Å². The van der Waals surface area contributed by atoms with E-state index in [2.05, 4.69) is 47.9 Å². The number of hydrogen-bond donors (Lipinski definition) is 2. The topological polar surface area (TPSA) is 50.4 Å². The fraction of sp³-hybridized carbons (Fsp3) is 0.381. The maximum absolute atomic E-state index is 11.2. The minimum absolute atomic E-state index is 0.0572. The van der Waals surface area contributed by atoms with Crippen molar-refractivity contribution in [1.29, 1.82) is 0 Å². The molecule has 0 saturated carbocycles. The standard InChI is InChI=1S/C21H28N2O2/c1-15(2)25-14-19-8-5-7-18(11-19)13-22-16(3)20-9-6-10-21(12-20)23-17(4)24/h5-12,15-16,22H,13-14H2,1-4H3,(H,23,24)/t16-/m1/s1. The second kappa shape index (κ2) is 9.35. The lowest BCUT2D eigenvalue weighted by Gasteiger charge is -2.16. The molecular weight excluding hydrogens is 312 g/mol. The molecule has 0 aliphatic rings. The molecule has 2 aromatic rings.